The fourth-order valence-electron chi connectivity index (χ4n) is 2.73. The van der Waals surface area contributed by atoms with Crippen molar-refractivity contribution in [2.75, 3.05) is 13.1 Å². The van der Waals surface area contributed by atoms with Crippen LogP contribution in [-0.4, -0.2) is 34.2 Å². The Hall–Kier alpha value is -1.36. The Kier molecular flexibility index (Phi) is 4.01. The molecule has 0 amide bonds. The number of piperidine rings is 1. The summed E-state index contributed by atoms with van der Waals surface area (Å²) in [5, 5.41) is 13.1. The number of rotatable bonds is 5. The van der Waals surface area contributed by atoms with Gasteiger partial charge < -0.3 is 9.63 Å². The van der Waals surface area contributed by atoms with Crippen LogP contribution in [0.4, 0.5) is 0 Å². The van der Waals surface area contributed by atoms with Gasteiger partial charge in [-0.1, -0.05) is 18.5 Å². The third-order valence-corrected chi connectivity index (χ3v) is 3.87. The van der Waals surface area contributed by atoms with Crippen molar-refractivity contribution in [3.63, 3.8) is 0 Å². The molecule has 0 atom stereocenters. The molecule has 1 N–H and O–H groups in total. The number of carboxylic acid groups (broad SMARTS) is 1. The second-order valence-corrected chi connectivity index (χ2v) is 5.09. The SMILES string of the molecule is CCCC1(C(=O)O)CCN(Cc2ccno2)CC1. The van der Waals surface area contributed by atoms with E-state index >= 15 is 0 Å². The zero-order valence-corrected chi connectivity index (χ0v) is 10.8. The highest BCUT2D eigenvalue weighted by Gasteiger charge is 2.40. The maximum atomic E-state index is 11.4. The first-order valence-electron chi connectivity index (χ1n) is 6.51. The second-order valence-electron chi connectivity index (χ2n) is 5.09. The summed E-state index contributed by atoms with van der Waals surface area (Å²) < 4.78 is 5.08. The van der Waals surface area contributed by atoms with Gasteiger partial charge in [-0.05, 0) is 32.4 Å². The highest BCUT2D eigenvalue weighted by atomic mass is 16.5. The molecule has 0 aliphatic carbocycles. The van der Waals surface area contributed by atoms with Crippen LogP contribution in [0.15, 0.2) is 16.8 Å². The molecule has 1 fully saturated rings. The third kappa shape index (κ3) is 2.72. The van der Waals surface area contributed by atoms with Gasteiger partial charge in [0.05, 0.1) is 18.2 Å². The Morgan fingerprint density at radius 2 is 2.28 bits per heavy atom. The predicted octanol–water partition coefficient (Wildman–Crippen LogP) is 2.14. The van der Waals surface area contributed by atoms with Gasteiger partial charge in [0.15, 0.2) is 5.76 Å². The highest BCUT2D eigenvalue weighted by molar-refractivity contribution is 5.74. The molecule has 0 bridgehead atoms. The Morgan fingerprint density at radius 1 is 1.56 bits per heavy atom. The van der Waals surface area contributed by atoms with Crippen LogP contribution in [0.2, 0.25) is 0 Å². The fraction of sp³-hybridized carbons (Fsp3) is 0.692. The molecule has 0 aromatic carbocycles. The number of nitrogens with zero attached hydrogens (tertiary/aromatic N) is 2. The lowest BCUT2D eigenvalue weighted by molar-refractivity contribution is -0.152. The number of aliphatic carboxylic acids is 1. The van der Waals surface area contributed by atoms with E-state index in [1.54, 1.807) is 6.20 Å². The molecule has 1 aliphatic rings. The number of aromatic nitrogens is 1. The number of hydrogen-bond acceptors (Lipinski definition) is 4. The number of carbonyl (C=O) groups is 1. The van der Waals surface area contributed by atoms with Crippen molar-refractivity contribution in [2.45, 2.75) is 39.2 Å². The topological polar surface area (TPSA) is 66.6 Å². The van der Waals surface area contributed by atoms with E-state index in [9.17, 15) is 9.90 Å². The van der Waals surface area contributed by atoms with Crippen molar-refractivity contribution in [1.82, 2.24) is 10.1 Å². The van der Waals surface area contributed by atoms with Gasteiger partial charge in [0.1, 0.15) is 0 Å². The predicted molar refractivity (Wildman–Crippen MR) is 66.0 cm³/mol. The van der Waals surface area contributed by atoms with Crippen molar-refractivity contribution in [1.29, 1.82) is 0 Å². The molecule has 5 heteroatoms. The molecule has 18 heavy (non-hydrogen) atoms. The molecule has 0 unspecified atom stereocenters. The molecule has 2 rings (SSSR count). The average molecular weight is 252 g/mol. The minimum Gasteiger partial charge on any atom is -0.481 e. The molecule has 1 aromatic rings. The van der Waals surface area contributed by atoms with Gasteiger partial charge in [-0.25, -0.2) is 0 Å². The lowest BCUT2D eigenvalue weighted by atomic mass is 9.75. The lowest BCUT2D eigenvalue weighted by Gasteiger charge is -2.38. The van der Waals surface area contributed by atoms with E-state index in [0.717, 1.165) is 51.1 Å². The summed E-state index contributed by atoms with van der Waals surface area (Å²) in [7, 11) is 0. The van der Waals surface area contributed by atoms with Gasteiger partial charge in [0.25, 0.3) is 0 Å². The molecule has 2 heterocycles. The molecule has 100 valence electrons. The molecular weight excluding hydrogens is 232 g/mol. The first-order chi connectivity index (χ1) is 8.66. The fourth-order valence-corrected chi connectivity index (χ4v) is 2.73. The first kappa shape index (κ1) is 13.1. The Balaban J connectivity index is 1.91. The van der Waals surface area contributed by atoms with E-state index in [0.29, 0.717) is 0 Å². The molecule has 0 saturated carbocycles. The van der Waals surface area contributed by atoms with E-state index < -0.39 is 11.4 Å². The molecule has 0 radical (unpaired) electrons. The van der Waals surface area contributed by atoms with Gasteiger partial charge in [-0.15, -0.1) is 0 Å². The van der Waals surface area contributed by atoms with Crippen molar-refractivity contribution >= 4 is 5.97 Å². The van der Waals surface area contributed by atoms with E-state index in [1.807, 2.05) is 13.0 Å². The quantitative estimate of drug-likeness (QED) is 0.869. The average Bonchev–Trinajstić information content (AvgIpc) is 2.85. The Bertz CT molecular complexity index is 381. The largest absolute Gasteiger partial charge is 0.481 e. The van der Waals surface area contributed by atoms with Crippen LogP contribution in [0.25, 0.3) is 0 Å². The first-order valence-corrected chi connectivity index (χ1v) is 6.51. The number of carboxylic acids is 1. The van der Waals surface area contributed by atoms with Crippen molar-refractivity contribution in [3.05, 3.63) is 18.0 Å². The summed E-state index contributed by atoms with van der Waals surface area (Å²) in [5.41, 5.74) is -0.507. The van der Waals surface area contributed by atoms with E-state index in [2.05, 4.69) is 10.1 Å². The lowest BCUT2D eigenvalue weighted by Crippen LogP contribution is -2.44. The molecule has 5 nitrogen and oxygen atoms in total. The second kappa shape index (κ2) is 5.52. The minimum atomic E-state index is -0.635. The molecule has 1 saturated heterocycles. The molecule has 1 aliphatic heterocycles. The summed E-state index contributed by atoms with van der Waals surface area (Å²) in [6.45, 7) is 4.40. The summed E-state index contributed by atoms with van der Waals surface area (Å²) in [6.07, 6.45) is 4.79. The van der Waals surface area contributed by atoms with Crippen LogP contribution in [0.3, 0.4) is 0 Å². The summed E-state index contributed by atoms with van der Waals surface area (Å²) in [4.78, 5) is 13.7. The van der Waals surface area contributed by atoms with E-state index in [-0.39, 0.29) is 0 Å². The van der Waals surface area contributed by atoms with Crippen molar-refractivity contribution < 1.29 is 14.4 Å². The number of likely N-dealkylation sites (tertiary alicyclic amines) is 1. The number of hydrogen-bond donors (Lipinski definition) is 1. The van der Waals surface area contributed by atoms with E-state index in [4.69, 9.17) is 4.52 Å². The van der Waals surface area contributed by atoms with Gasteiger partial charge in [-0.2, -0.15) is 0 Å². The summed E-state index contributed by atoms with van der Waals surface area (Å²) in [6, 6.07) is 1.85. The van der Waals surface area contributed by atoms with Gasteiger partial charge in [-0.3, -0.25) is 9.69 Å². The Morgan fingerprint density at radius 3 is 2.78 bits per heavy atom. The van der Waals surface area contributed by atoms with Gasteiger partial charge in [0, 0.05) is 6.07 Å². The maximum absolute atomic E-state index is 11.4. The minimum absolute atomic E-state index is 0.507. The maximum Gasteiger partial charge on any atom is 0.309 e. The monoisotopic (exact) mass is 252 g/mol. The van der Waals surface area contributed by atoms with Crippen LogP contribution < -0.4 is 0 Å². The van der Waals surface area contributed by atoms with Crippen LogP contribution >= 0.6 is 0 Å². The molecular formula is C13H20N2O3. The normalized spacial score (nSPS) is 19.8. The van der Waals surface area contributed by atoms with Crippen LogP contribution in [0.5, 0.6) is 0 Å². The van der Waals surface area contributed by atoms with Crippen molar-refractivity contribution in [2.24, 2.45) is 5.41 Å². The van der Waals surface area contributed by atoms with Crippen LogP contribution in [-0.2, 0) is 11.3 Å². The van der Waals surface area contributed by atoms with Gasteiger partial charge in [0.2, 0.25) is 0 Å². The van der Waals surface area contributed by atoms with Crippen LogP contribution in [0.1, 0.15) is 38.4 Å². The summed E-state index contributed by atoms with van der Waals surface area (Å²) in [5.74, 6) is 0.206. The zero-order chi connectivity index (χ0) is 13.0. The molecule has 1 aromatic heterocycles. The molecule has 0 spiro atoms. The third-order valence-electron chi connectivity index (χ3n) is 3.87. The zero-order valence-electron chi connectivity index (χ0n) is 10.8. The summed E-state index contributed by atoms with van der Waals surface area (Å²) >= 11 is 0. The van der Waals surface area contributed by atoms with Crippen molar-refractivity contribution in [3.8, 4) is 0 Å². The highest BCUT2D eigenvalue weighted by Crippen LogP contribution is 2.36. The standard InChI is InChI=1S/C13H20N2O3/c1-2-4-13(12(16)17)5-8-15(9-6-13)10-11-3-7-14-18-11/h3,7H,2,4-6,8-10H2,1H3,(H,16,17). The van der Waals surface area contributed by atoms with Gasteiger partial charge >= 0.3 is 5.97 Å². The van der Waals surface area contributed by atoms with Crippen LogP contribution in [0, 0.1) is 5.41 Å². The Labute approximate surface area is 107 Å². The van der Waals surface area contributed by atoms with E-state index in [1.165, 1.54) is 0 Å². The smallest absolute Gasteiger partial charge is 0.309 e.